The maximum atomic E-state index is 12.0. The molecule has 0 spiro atoms. The van der Waals surface area contributed by atoms with Crippen LogP contribution in [0, 0.1) is 0 Å². The third-order valence-corrected chi connectivity index (χ3v) is 3.17. The van der Waals surface area contributed by atoms with Gasteiger partial charge >= 0.3 is 0 Å². The summed E-state index contributed by atoms with van der Waals surface area (Å²) in [5.41, 5.74) is 1.05. The van der Waals surface area contributed by atoms with Crippen molar-refractivity contribution in [3.8, 4) is 0 Å². The Bertz CT molecular complexity index is 394. The van der Waals surface area contributed by atoms with E-state index in [1.54, 1.807) is 0 Å². The number of carbonyl (C=O) groups excluding carboxylic acids is 1. The predicted molar refractivity (Wildman–Crippen MR) is 72.0 cm³/mol. The van der Waals surface area contributed by atoms with Gasteiger partial charge in [-0.05, 0) is 31.7 Å². The van der Waals surface area contributed by atoms with Gasteiger partial charge in [0.05, 0.1) is 0 Å². The normalized spacial score (nSPS) is 20.4. The third kappa shape index (κ3) is 4.04. The average Bonchev–Trinajstić information content (AvgIpc) is 2.60. The minimum absolute atomic E-state index is 0.0203. The van der Waals surface area contributed by atoms with E-state index < -0.39 is 0 Å². The molecule has 4 heteroatoms. The molecule has 1 unspecified atom stereocenters. The second-order valence-electron chi connectivity index (χ2n) is 4.63. The van der Waals surface area contributed by atoms with Gasteiger partial charge in [0.2, 0.25) is 5.91 Å². The Balaban J connectivity index is 1.98. The lowest BCUT2D eigenvalue weighted by atomic mass is 10.2. The van der Waals surface area contributed by atoms with Crippen LogP contribution in [0.25, 0.3) is 0 Å². The summed E-state index contributed by atoms with van der Waals surface area (Å²) < 4.78 is 5.61. The summed E-state index contributed by atoms with van der Waals surface area (Å²) in [6.07, 6.45) is 3.05. The lowest BCUT2D eigenvalue weighted by Crippen LogP contribution is -2.40. The fourth-order valence-electron chi connectivity index (χ4n) is 2.20. The fraction of sp³-hybridized carbons (Fsp3) is 0.533. The van der Waals surface area contributed by atoms with Gasteiger partial charge in [0, 0.05) is 13.0 Å². The maximum absolute atomic E-state index is 12.0. The Morgan fingerprint density at radius 1 is 1.26 bits per heavy atom. The summed E-state index contributed by atoms with van der Waals surface area (Å²) >= 11 is 0. The molecule has 0 aromatic heterocycles. The minimum atomic E-state index is -0.247. The first kappa shape index (κ1) is 14.0. The van der Waals surface area contributed by atoms with Crippen LogP contribution >= 0.6 is 0 Å². The van der Waals surface area contributed by atoms with Gasteiger partial charge in [-0.2, -0.15) is 5.06 Å². The third-order valence-electron chi connectivity index (χ3n) is 3.17. The van der Waals surface area contributed by atoms with Crippen LogP contribution in [0.15, 0.2) is 30.3 Å². The first-order valence-electron chi connectivity index (χ1n) is 6.91. The van der Waals surface area contributed by atoms with E-state index in [1.807, 2.05) is 37.3 Å². The van der Waals surface area contributed by atoms with Crippen LogP contribution in [-0.4, -0.2) is 23.8 Å². The van der Waals surface area contributed by atoms with E-state index in [2.05, 4.69) is 0 Å². The van der Waals surface area contributed by atoms with Crippen molar-refractivity contribution in [3.05, 3.63) is 35.9 Å². The van der Waals surface area contributed by atoms with Gasteiger partial charge in [-0.15, -0.1) is 0 Å². The number of ether oxygens (including phenoxy) is 1. The first-order valence-corrected chi connectivity index (χ1v) is 6.91. The smallest absolute Gasteiger partial charge is 0.248 e. The Kier molecular flexibility index (Phi) is 5.36. The molecular formula is C15H21NO3. The van der Waals surface area contributed by atoms with Gasteiger partial charge in [-0.1, -0.05) is 30.3 Å². The molecule has 1 aliphatic heterocycles. The molecule has 1 aromatic rings. The number of nitrogens with zero attached hydrogens (tertiary/aromatic N) is 1. The fourth-order valence-corrected chi connectivity index (χ4v) is 2.20. The zero-order valence-electron chi connectivity index (χ0n) is 11.4. The highest BCUT2D eigenvalue weighted by Crippen LogP contribution is 2.20. The Labute approximate surface area is 114 Å². The highest BCUT2D eigenvalue weighted by atomic mass is 16.7. The van der Waals surface area contributed by atoms with Gasteiger partial charge in [0.1, 0.15) is 6.61 Å². The van der Waals surface area contributed by atoms with Crippen LogP contribution in [0.2, 0.25) is 0 Å². The van der Waals surface area contributed by atoms with Crippen molar-refractivity contribution in [3.63, 3.8) is 0 Å². The Morgan fingerprint density at radius 2 is 2.05 bits per heavy atom. The molecule has 19 heavy (non-hydrogen) atoms. The van der Waals surface area contributed by atoms with Crippen LogP contribution < -0.4 is 0 Å². The van der Waals surface area contributed by atoms with Gasteiger partial charge in [0.15, 0.2) is 6.23 Å². The van der Waals surface area contributed by atoms with Gasteiger partial charge < -0.3 is 4.74 Å². The molecular weight excluding hydrogens is 242 g/mol. The van der Waals surface area contributed by atoms with Gasteiger partial charge in [-0.25, -0.2) is 0 Å². The van der Waals surface area contributed by atoms with E-state index in [0.29, 0.717) is 19.6 Å². The van der Waals surface area contributed by atoms with E-state index in [4.69, 9.17) is 9.57 Å². The molecule has 0 bridgehead atoms. The second-order valence-corrected chi connectivity index (χ2v) is 4.63. The van der Waals surface area contributed by atoms with Crippen molar-refractivity contribution in [1.82, 2.24) is 5.06 Å². The van der Waals surface area contributed by atoms with Gasteiger partial charge in [0.25, 0.3) is 0 Å². The SMILES string of the molecule is CCOC1CCCCC(=O)N1OCc1ccccc1. The number of carbonyl (C=O) groups is 1. The quantitative estimate of drug-likeness (QED) is 0.820. The van der Waals surface area contributed by atoms with E-state index in [9.17, 15) is 4.79 Å². The van der Waals surface area contributed by atoms with Crippen LogP contribution in [0.5, 0.6) is 0 Å². The Hall–Kier alpha value is -1.39. The van der Waals surface area contributed by atoms with Crippen molar-refractivity contribution >= 4 is 5.91 Å². The number of benzene rings is 1. The molecule has 2 rings (SSSR count). The van der Waals surface area contributed by atoms with Crippen molar-refractivity contribution in [2.45, 2.75) is 45.4 Å². The number of rotatable bonds is 5. The maximum Gasteiger partial charge on any atom is 0.248 e. The molecule has 0 aliphatic carbocycles. The van der Waals surface area contributed by atoms with E-state index in [1.165, 1.54) is 5.06 Å². The number of hydroxylamine groups is 2. The van der Waals surface area contributed by atoms with E-state index in [0.717, 1.165) is 24.8 Å². The highest BCUT2D eigenvalue weighted by Gasteiger charge is 2.27. The second kappa shape index (κ2) is 7.26. The molecule has 0 saturated carbocycles. The van der Waals surface area contributed by atoms with Crippen LogP contribution in [0.4, 0.5) is 0 Å². The largest absolute Gasteiger partial charge is 0.356 e. The minimum Gasteiger partial charge on any atom is -0.356 e. The van der Waals surface area contributed by atoms with E-state index >= 15 is 0 Å². The summed E-state index contributed by atoms with van der Waals surface area (Å²) in [7, 11) is 0. The zero-order chi connectivity index (χ0) is 13.5. The summed E-state index contributed by atoms with van der Waals surface area (Å²) in [4.78, 5) is 17.7. The highest BCUT2D eigenvalue weighted by molar-refractivity contribution is 5.75. The van der Waals surface area contributed by atoms with Crippen molar-refractivity contribution in [1.29, 1.82) is 0 Å². The predicted octanol–water partition coefficient (Wildman–Crippen LogP) is 2.88. The lowest BCUT2D eigenvalue weighted by Gasteiger charge is -2.28. The van der Waals surface area contributed by atoms with Crippen molar-refractivity contribution < 1.29 is 14.4 Å². The number of hydrogen-bond donors (Lipinski definition) is 0. The van der Waals surface area contributed by atoms with Crippen molar-refractivity contribution in [2.75, 3.05) is 6.61 Å². The van der Waals surface area contributed by atoms with Crippen LogP contribution in [0.3, 0.4) is 0 Å². The molecule has 1 atom stereocenters. The molecule has 4 nitrogen and oxygen atoms in total. The molecule has 104 valence electrons. The summed E-state index contributed by atoms with van der Waals surface area (Å²) in [6, 6.07) is 9.85. The van der Waals surface area contributed by atoms with E-state index in [-0.39, 0.29) is 12.1 Å². The lowest BCUT2D eigenvalue weighted by molar-refractivity contribution is -0.248. The molecule has 1 aliphatic rings. The molecule has 1 fully saturated rings. The van der Waals surface area contributed by atoms with Crippen molar-refractivity contribution in [2.24, 2.45) is 0 Å². The standard InChI is InChI=1S/C15H21NO3/c1-2-18-15-11-7-6-10-14(17)16(15)19-12-13-8-4-3-5-9-13/h3-5,8-9,15H,2,6-7,10-12H2,1H3. The number of amides is 1. The summed E-state index contributed by atoms with van der Waals surface area (Å²) in [5.74, 6) is 0.0203. The monoisotopic (exact) mass is 263 g/mol. The van der Waals surface area contributed by atoms with Gasteiger partial charge in [-0.3, -0.25) is 9.63 Å². The topological polar surface area (TPSA) is 38.8 Å². The average molecular weight is 263 g/mol. The van der Waals surface area contributed by atoms with Crippen LogP contribution in [0.1, 0.15) is 38.2 Å². The first-order chi connectivity index (χ1) is 9.31. The summed E-state index contributed by atoms with van der Waals surface area (Å²) in [6.45, 7) is 2.92. The molecule has 1 amide bonds. The zero-order valence-corrected chi connectivity index (χ0v) is 11.4. The molecule has 0 N–H and O–H groups in total. The molecule has 0 radical (unpaired) electrons. The molecule has 1 aromatic carbocycles. The number of hydrogen-bond acceptors (Lipinski definition) is 3. The van der Waals surface area contributed by atoms with Crippen LogP contribution in [-0.2, 0) is 21.0 Å². The summed E-state index contributed by atoms with van der Waals surface area (Å²) in [5, 5.41) is 1.43. The molecule has 1 heterocycles. The molecule has 1 saturated heterocycles. The Morgan fingerprint density at radius 3 is 2.79 bits per heavy atom.